The standard InChI is InChI=1S/C18H26N4O3/c1-13-5-4-6-15(11-13)20(3)8-7-17(24)21-9-10-22(14(2)23)16(12-21)18(19)25/h4-6,11,16H,7-10,12H2,1-3H3,(H2,19,25)/t16-/m1/s1. The highest BCUT2D eigenvalue weighted by molar-refractivity contribution is 5.87. The van der Waals surface area contributed by atoms with Gasteiger partial charge in [0.15, 0.2) is 0 Å². The second-order valence-electron chi connectivity index (χ2n) is 6.48. The molecule has 0 unspecified atom stereocenters. The van der Waals surface area contributed by atoms with E-state index in [0.717, 1.165) is 5.69 Å². The van der Waals surface area contributed by atoms with Crippen LogP contribution in [-0.2, 0) is 14.4 Å². The molecule has 1 atom stereocenters. The average molecular weight is 346 g/mol. The second kappa shape index (κ2) is 8.00. The molecule has 0 aliphatic carbocycles. The van der Waals surface area contributed by atoms with Crippen molar-refractivity contribution in [2.45, 2.75) is 26.3 Å². The third-order valence-corrected chi connectivity index (χ3v) is 4.57. The molecular formula is C18H26N4O3. The number of nitrogens with two attached hydrogens (primary N) is 1. The van der Waals surface area contributed by atoms with Gasteiger partial charge in [-0.2, -0.15) is 0 Å². The van der Waals surface area contributed by atoms with Crippen molar-refractivity contribution < 1.29 is 14.4 Å². The Bertz CT molecular complexity index is 661. The predicted molar refractivity (Wildman–Crippen MR) is 96.0 cm³/mol. The van der Waals surface area contributed by atoms with Crippen molar-refractivity contribution in [1.29, 1.82) is 0 Å². The van der Waals surface area contributed by atoms with Gasteiger partial charge in [-0.15, -0.1) is 0 Å². The van der Waals surface area contributed by atoms with Crippen LogP contribution in [0.4, 0.5) is 5.69 Å². The Morgan fingerprint density at radius 3 is 2.60 bits per heavy atom. The average Bonchev–Trinajstić information content (AvgIpc) is 2.58. The first-order valence-corrected chi connectivity index (χ1v) is 8.41. The van der Waals surface area contributed by atoms with Crippen LogP contribution in [0.3, 0.4) is 0 Å². The molecule has 1 aromatic carbocycles. The maximum absolute atomic E-state index is 12.5. The van der Waals surface area contributed by atoms with Crippen LogP contribution in [0.2, 0.25) is 0 Å². The van der Waals surface area contributed by atoms with Crippen LogP contribution in [0.5, 0.6) is 0 Å². The quantitative estimate of drug-likeness (QED) is 0.834. The summed E-state index contributed by atoms with van der Waals surface area (Å²) in [5, 5.41) is 0. The molecule has 1 heterocycles. The lowest BCUT2D eigenvalue weighted by Gasteiger charge is -2.39. The molecule has 7 heteroatoms. The van der Waals surface area contributed by atoms with Crippen molar-refractivity contribution in [3.63, 3.8) is 0 Å². The Kier molecular flexibility index (Phi) is 6.01. The number of amides is 3. The lowest BCUT2D eigenvalue weighted by molar-refractivity contribution is -0.146. The van der Waals surface area contributed by atoms with E-state index in [-0.39, 0.29) is 18.4 Å². The number of primary amides is 1. The summed E-state index contributed by atoms with van der Waals surface area (Å²) in [6.07, 6.45) is 0.343. The lowest BCUT2D eigenvalue weighted by atomic mass is 10.1. The summed E-state index contributed by atoms with van der Waals surface area (Å²) in [5.41, 5.74) is 7.62. The van der Waals surface area contributed by atoms with E-state index < -0.39 is 11.9 Å². The van der Waals surface area contributed by atoms with Crippen LogP contribution >= 0.6 is 0 Å². The summed E-state index contributed by atoms with van der Waals surface area (Å²) in [6.45, 7) is 4.95. The van der Waals surface area contributed by atoms with Gasteiger partial charge in [-0.3, -0.25) is 14.4 Å². The van der Waals surface area contributed by atoms with Crippen molar-refractivity contribution in [2.75, 3.05) is 38.1 Å². The van der Waals surface area contributed by atoms with Crippen molar-refractivity contribution in [2.24, 2.45) is 5.73 Å². The number of carbonyl (C=O) groups excluding carboxylic acids is 3. The van der Waals surface area contributed by atoms with Gasteiger partial charge in [0.05, 0.1) is 6.54 Å². The number of hydrogen-bond donors (Lipinski definition) is 1. The third-order valence-electron chi connectivity index (χ3n) is 4.57. The molecule has 0 aromatic heterocycles. The Labute approximate surface area is 148 Å². The molecule has 2 rings (SSSR count). The summed E-state index contributed by atoms with van der Waals surface area (Å²) in [4.78, 5) is 40.8. The summed E-state index contributed by atoms with van der Waals surface area (Å²) < 4.78 is 0. The molecule has 136 valence electrons. The highest BCUT2D eigenvalue weighted by atomic mass is 16.2. The van der Waals surface area contributed by atoms with E-state index in [1.807, 2.05) is 37.1 Å². The van der Waals surface area contributed by atoms with Crippen LogP contribution in [0, 0.1) is 6.92 Å². The summed E-state index contributed by atoms with van der Waals surface area (Å²) >= 11 is 0. The molecular weight excluding hydrogens is 320 g/mol. The molecule has 0 bridgehead atoms. The van der Waals surface area contributed by atoms with E-state index in [2.05, 4.69) is 6.07 Å². The molecule has 2 N–H and O–H groups in total. The molecule has 25 heavy (non-hydrogen) atoms. The fourth-order valence-electron chi connectivity index (χ4n) is 3.05. The van der Waals surface area contributed by atoms with Crippen LogP contribution in [-0.4, -0.2) is 66.8 Å². The zero-order chi connectivity index (χ0) is 18.6. The van der Waals surface area contributed by atoms with Crippen LogP contribution in [0.1, 0.15) is 18.9 Å². The van der Waals surface area contributed by atoms with Gasteiger partial charge in [-0.1, -0.05) is 12.1 Å². The van der Waals surface area contributed by atoms with Gasteiger partial charge in [0, 0.05) is 45.7 Å². The first-order valence-electron chi connectivity index (χ1n) is 8.41. The molecule has 1 aromatic rings. The maximum Gasteiger partial charge on any atom is 0.242 e. The van der Waals surface area contributed by atoms with Gasteiger partial charge in [-0.25, -0.2) is 0 Å². The molecule has 1 saturated heterocycles. The largest absolute Gasteiger partial charge is 0.374 e. The smallest absolute Gasteiger partial charge is 0.242 e. The Morgan fingerprint density at radius 2 is 2.00 bits per heavy atom. The van der Waals surface area contributed by atoms with Crippen LogP contribution in [0.25, 0.3) is 0 Å². The fourth-order valence-corrected chi connectivity index (χ4v) is 3.05. The number of piperazine rings is 1. The number of carbonyl (C=O) groups is 3. The normalized spacial score (nSPS) is 17.3. The molecule has 1 aliphatic heterocycles. The SMILES string of the molecule is CC(=O)N1CCN(C(=O)CCN(C)c2cccc(C)c2)C[C@@H]1C(N)=O. The Balaban J connectivity index is 1.92. The molecule has 0 radical (unpaired) electrons. The summed E-state index contributed by atoms with van der Waals surface area (Å²) in [7, 11) is 1.95. The van der Waals surface area contributed by atoms with Gasteiger partial charge in [0.2, 0.25) is 17.7 Å². The number of benzene rings is 1. The van der Waals surface area contributed by atoms with Crippen molar-refractivity contribution in [1.82, 2.24) is 9.80 Å². The van der Waals surface area contributed by atoms with Gasteiger partial charge >= 0.3 is 0 Å². The Morgan fingerprint density at radius 1 is 1.28 bits per heavy atom. The lowest BCUT2D eigenvalue weighted by Crippen LogP contribution is -2.60. The van der Waals surface area contributed by atoms with E-state index in [0.29, 0.717) is 26.1 Å². The molecule has 1 fully saturated rings. The number of aryl methyl sites for hydroxylation is 1. The first kappa shape index (κ1) is 18.8. The molecule has 1 aliphatic rings. The van der Waals surface area contributed by atoms with Crippen molar-refractivity contribution >= 4 is 23.4 Å². The monoisotopic (exact) mass is 346 g/mol. The molecule has 0 saturated carbocycles. The van der Waals surface area contributed by atoms with E-state index in [4.69, 9.17) is 5.73 Å². The number of rotatable bonds is 5. The molecule has 3 amide bonds. The topological polar surface area (TPSA) is 87.0 Å². The van der Waals surface area contributed by atoms with E-state index >= 15 is 0 Å². The summed E-state index contributed by atoms with van der Waals surface area (Å²) in [6, 6.07) is 7.35. The van der Waals surface area contributed by atoms with Gasteiger partial charge in [0.25, 0.3) is 0 Å². The zero-order valence-electron chi connectivity index (χ0n) is 15.1. The zero-order valence-corrected chi connectivity index (χ0v) is 15.1. The third kappa shape index (κ3) is 4.71. The fraction of sp³-hybridized carbons (Fsp3) is 0.500. The van der Waals surface area contributed by atoms with E-state index in [1.165, 1.54) is 17.4 Å². The van der Waals surface area contributed by atoms with Crippen molar-refractivity contribution in [3.05, 3.63) is 29.8 Å². The molecule has 0 spiro atoms. The second-order valence-corrected chi connectivity index (χ2v) is 6.48. The minimum atomic E-state index is -0.746. The van der Waals surface area contributed by atoms with Crippen molar-refractivity contribution in [3.8, 4) is 0 Å². The molecule has 7 nitrogen and oxygen atoms in total. The number of nitrogens with zero attached hydrogens (tertiary/aromatic N) is 3. The minimum absolute atomic E-state index is 0.0334. The van der Waals surface area contributed by atoms with Crippen LogP contribution < -0.4 is 10.6 Å². The summed E-state index contributed by atoms with van der Waals surface area (Å²) in [5.74, 6) is -0.811. The Hall–Kier alpha value is -2.57. The van der Waals surface area contributed by atoms with Gasteiger partial charge in [0.1, 0.15) is 6.04 Å². The highest BCUT2D eigenvalue weighted by Crippen LogP contribution is 2.16. The number of anilines is 1. The van der Waals surface area contributed by atoms with E-state index in [9.17, 15) is 14.4 Å². The van der Waals surface area contributed by atoms with E-state index in [1.54, 1.807) is 4.90 Å². The number of hydrogen-bond acceptors (Lipinski definition) is 4. The first-order chi connectivity index (χ1) is 11.8. The highest BCUT2D eigenvalue weighted by Gasteiger charge is 2.34. The van der Waals surface area contributed by atoms with Gasteiger partial charge < -0.3 is 20.4 Å². The van der Waals surface area contributed by atoms with Crippen LogP contribution in [0.15, 0.2) is 24.3 Å². The van der Waals surface area contributed by atoms with Gasteiger partial charge in [-0.05, 0) is 24.6 Å². The minimum Gasteiger partial charge on any atom is -0.374 e. The predicted octanol–water partition coefficient (Wildman–Crippen LogP) is 0.366. The maximum atomic E-state index is 12.5.